The van der Waals surface area contributed by atoms with Crippen LogP contribution in [0.15, 0.2) is 30.5 Å². The fourth-order valence-electron chi connectivity index (χ4n) is 1.87. The van der Waals surface area contributed by atoms with Crippen LogP contribution in [0.4, 0.5) is 23.1 Å². The Balaban J connectivity index is 2.55. The molecule has 104 valence electrons. The monoisotopic (exact) mass is 274 g/mol. The number of aromatic nitrogens is 2. The Bertz CT molecular complexity index is 646. The Labute approximate surface area is 115 Å². The standard InChI is InChI=1S/C12H14N6O2/c1-8-5-3-4-6-9(8)17(2)11-10(18(19)20)7-14-12(15-11)16-13/h3-7H,13H2,1-2H3,(H,14,15,16). The lowest BCUT2D eigenvalue weighted by Crippen LogP contribution is -2.17. The second kappa shape index (κ2) is 5.49. The number of benzene rings is 1. The van der Waals surface area contributed by atoms with E-state index in [9.17, 15) is 10.1 Å². The summed E-state index contributed by atoms with van der Waals surface area (Å²) in [6, 6.07) is 7.53. The summed E-state index contributed by atoms with van der Waals surface area (Å²) >= 11 is 0. The van der Waals surface area contributed by atoms with Crippen molar-refractivity contribution in [3.05, 3.63) is 46.1 Å². The summed E-state index contributed by atoms with van der Waals surface area (Å²) in [6.45, 7) is 1.92. The first-order valence-electron chi connectivity index (χ1n) is 5.82. The van der Waals surface area contributed by atoms with Gasteiger partial charge in [0.15, 0.2) is 0 Å². The topological polar surface area (TPSA) is 110 Å². The number of nitrogens with zero attached hydrogens (tertiary/aromatic N) is 4. The molecule has 0 spiro atoms. The third-order valence-corrected chi connectivity index (χ3v) is 2.87. The summed E-state index contributed by atoms with van der Waals surface area (Å²) in [7, 11) is 1.71. The number of nitrogens with one attached hydrogen (secondary N) is 1. The van der Waals surface area contributed by atoms with Gasteiger partial charge in [-0.15, -0.1) is 0 Å². The number of para-hydroxylation sites is 1. The van der Waals surface area contributed by atoms with Gasteiger partial charge in [-0.25, -0.2) is 10.8 Å². The third kappa shape index (κ3) is 2.50. The van der Waals surface area contributed by atoms with Crippen molar-refractivity contribution in [1.82, 2.24) is 9.97 Å². The second-order valence-corrected chi connectivity index (χ2v) is 4.15. The minimum Gasteiger partial charge on any atom is -0.323 e. The fourth-order valence-corrected chi connectivity index (χ4v) is 1.87. The van der Waals surface area contributed by atoms with Crippen molar-refractivity contribution in [3.63, 3.8) is 0 Å². The molecule has 0 saturated carbocycles. The number of rotatable bonds is 4. The molecule has 2 aromatic rings. The predicted molar refractivity (Wildman–Crippen MR) is 75.7 cm³/mol. The Morgan fingerprint density at radius 1 is 1.40 bits per heavy atom. The molecule has 1 aromatic carbocycles. The van der Waals surface area contributed by atoms with Gasteiger partial charge in [-0.05, 0) is 18.6 Å². The van der Waals surface area contributed by atoms with Crippen molar-refractivity contribution in [2.45, 2.75) is 6.92 Å². The van der Waals surface area contributed by atoms with E-state index in [1.54, 1.807) is 11.9 Å². The lowest BCUT2D eigenvalue weighted by atomic mass is 10.2. The molecule has 8 nitrogen and oxygen atoms in total. The molecular formula is C12H14N6O2. The van der Waals surface area contributed by atoms with E-state index < -0.39 is 4.92 Å². The molecule has 0 aliphatic heterocycles. The third-order valence-electron chi connectivity index (χ3n) is 2.87. The number of nitrogens with two attached hydrogens (primary N) is 1. The molecule has 0 fully saturated rings. The van der Waals surface area contributed by atoms with Crippen molar-refractivity contribution >= 4 is 23.1 Å². The van der Waals surface area contributed by atoms with E-state index in [0.717, 1.165) is 17.4 Å². The highest BCUT2D eigenvalue weighted by Crippen LogP contribution is 2.32. The minimum absolute atomic E-state index is 0.117. The summed E-state index contributed by atoms with van der Waals surface area (Å²) in [5.74, 6) is 5.54. The molecule has 0 radical (unpaired) electrons. The Hall–Kier alpha value is -2.74. The maximum absolute atomic E-state index is 11.1. The summed E-state index contributed by atoms with van der Waals surface area (Å²) in [5.41, 5.74) is 3.89. The van der Waals surface area contributed by atoms with Gasteiger partial charge in [-0.3, -0.25) is 15.5 Å². The van der Waals surface area contributed by atoms with Crippen LogP contribution in [-0.4, -0.2) is 21.9 Å². The average molecular weight is 274 g/mol. The number of nitro groups is 1. The highest BCUT2D eigenvalue weighted by molar-refractivity contribution is 5.70. The van der Waals surface area contributed by atoms with Gasteiger partial charge in [-0.1, -0.05) is 18.2 Å². The van der Waals surface area contributed by atoms with E-state index in [2.05, 4.69) is 15.4 Å². The molecule has 1 aromatic heterocycles. The van der Waals surface area contributed by atoms with E-state index >= 15 is 0 Å². The molecule has 20 heavy (non-hydrogen) atoms. The van der Waals surface area contributed by atoms with Crippen LogP contribution in [0.25, 0.3) is 0 Å². The quantitative estimate of drug-likeness (QED) is 0.496. The van der Waals surface area contributed by atoms with Crippen LogP contribution in [0.2, 0.25) is 0 Å². The summed E-state index contributed by atoms with van der Waals surface area (Å²) in [5, 5.41) is 11.1. The van der Waals surface area contributed by atoms with Crippen LogP contribution in [-0.2, 0) is 0 Å². The first kappa shape index (κ1) is 13.7. The van der Waals surface area contributed by atoms with Crippen molar-refractivity contribution in [2.75, 3.05) is 17.4 Å². The van der Waals surface area contributed by atoms with E-state index in [1.165, 1.54) is 0 Å². The molecule has 0 atom stereocenters. The number of anilines is 3. The summed E-state index contributed by atoms with van der Waals surface area (Å²) < 4.78 is 0. The highest BCUT2D eigenvalue weighted by Gasteiger charge is 2.22. The molecule has 0 saturated heterocycles. The lowest BCUT2D eigenvalue weighted by molar-refractivity contribution is -0.384. The first-order chi connectivity index (χ1) is 9.54. The number of hydrazine groups is 1. The normalized spacial score (nSPS) is 10.2. The van der Waals surface area contributed by atoms with Crippen LogP contribution >= 0.6 is 0 Å². The van der Waals surface area contributed by atoms with Gasteiger partial charge in [0.2, 0.25) is 11.8 Å². The number of hydrogen-bond acceptors (Lipinski definition) is 7. The van der Waals surface area contributed by atoms with Crippen LogP contribution in [0.1, 0.15) is 5.56 Å². The molecule has 1 heterocycles. The predicted octanol–water partition coefficient (Wildman–Crippen LogP) is 1.75. The van der Waals surface area contributed by atoms with Crippen LogP contribution in [0.5, 0.6) is 0 Å². The molecule has 0 aliphatic carbocycles. The molecule has 2 rings (SSSR count). The maximum atomic E-state index is 11.1. The summed E-state index contributed by atoms with van der Waals surface area (Å²) in [4.78, 5) is 20.0. The highest BCUT2D eigenvalue weighted by atomic mass is 16.6. The SMILES string of the molecule is Cc1ccccc1N(C)c1nc(NN)ncc1[N+](=O)[O-]. The number of aryl methyl sites for hydroxylation is 1. The largest absolute Gasteiger partial charge is 0.330 e. The van der Waals surface area contributed by atoms with Gasteiger partial charge < -0.3 is 4.90 Å². The second-order valence-electron chi connectivity index (χ2n) is 4.15. The smallest absolute Gasteiger partial charge is 0.323 e. The molecular weight excluding hydrogens is 260 g/mol. The van der Waals surface area contributed by atoms with Crippen molar-refractivity contribution in [2.24, 2.45) is 5.84 Å². The Morgan fingerprint density at radius 2 is 2.10 bits per heavy atom. The summed E-state index contributed by atoms with van der Waals surface area (Å²) in [6.07, 6.45) is 1.13. The van der Waals surface area contributed by atoms with E-state index in [4.69, 9.17) is 5.84 Å². The van der Waals surface area contributed by atoms with Crippen molar-refractivity contribution in [3.8, 4) is 0 Å². The molecule has 0 amide bonds. The zero-order valence-electron chi connectivity index (χ0n) is 11.1. The lowest BCUT2D eigenvalue weighted by Gasteiger charge is -2.20. The molecule has 0 unspecified atom stereocenters. The van der Waals surface area contributed by atoms with Gasteiger partial charge >= 0.3 is 5.69 Å². The molecule has 3 N–H and O–H groups in total. The van der Waals surface area contributed by atoms with E-state index in [1.807, 2.05) is 31.2 Å². The van der Waals surface area contributed by atoms with Crippen molar-refractivity contribution < 1.29 is 4.92 Å². The number of hydrogen-bond donors (Lipinski definition) is 2. The van der Waals surface area contributed by atoms with Crippen molar-refractivity contribution in [1.29, 1.82) is 0 Å². The molecule has 0 bridgehead atoms. The Morgan fingerprint density at radius 3 is 2.70 bits per heavy atom. The molecule has 8 heteroatoms. The van der Waals surface area contributed by atoms with Gasteiger partial charge in [0.05, 0.1) is 4.92 Å². The zero-order valence-corrected chi connectivity index (χ0v) is 11.1. The van der Waals surface area contributed by atoms with Crippen LogP contribution in [0.3, 0.4) is 0 Å². The van der Waals surface area contributed by atoms with E-state index in [0.29, 0.717) is 0 Å². The van der Waals surface area contributed by atoms with Gasteiger partial charge in [-0.2, -0.15) is 4.98 Å². The zero-order chi connectivity index (χ0) is 14.7. The number of nitrogen functional groups attached to an aromatic ring is 1. The minimum atomic E-state index is -0.523. The van der Waals surface area contributed by atoms with Gasteiger partial charge in [0.1, 0.15) is 6.20 Å². The van der Waals surface area contributed by atoms with Gasteiger partial charge in [0.25, 0.3) is 0 Å². The van der Waals surface area contributed by atoms with Gasteiger partial charge in [0, 0.05) is 12.7 Å². The Kier molecular flexibility index (Phi) is 3.76. The fraction of sp³-hybridized carbons (Fsp3) is 0.167. The van der Waals surface area contributed by atoms with Crippen LogP contribution in [0, 0.1) is 17.0 Å². The first-order valence-corrected chi connectivity index (χ1v) is 5.82. The van der Waals surface area contributed by atoms with Crippen LogP contribution < -0.4 is 16.2 Å². The van der Waals surface area contributed by atoms with E-state index in [-0.39, 0.29) is 17.5 Å². The molecule has 0 aliphatic rings. The average Bonchev–Trinajstić information content (AvgIpc) is 2.46. The maximum Gasteiger partial charge on any atom is 0.330 e.